The van der Waals surface area contributed by atoms with Crippen molar-refractivity contribution < 1.29 is 9.47 Å². The summed E-state index contributed by atoms with van der Waals surface area (Å²) in [7, 11) is 0. The van der Waals surface area contributed by atoms with E-state index in [0.29, 0.717) is 35.4 Å². The molecule has 0 radical (unpaired) electrons. The minimum absolute atomic E-state index is 0.0401. The third kappa shape index (κ3) is 5.78. The summed E-state index contributed by atoms with van der Waals surface area (Å²) in [6, 6.07) is 21.5. The Hall–Kier alpha value is -4.46. The quantitative estimate of drug-likeness (QED) is 0.262. The number of fused-ring (bicyclic) bond motifs is 1. The molecule has 0 aliphatic carbocycles. The molecular formula is C28H28N4O4. The second-order valence-electron chi connectivity index (χ2n) is 8.09. The van der Waals surface area contributed by atoms with Crippen molar-refractivity contribution >= 4 is 22.1 Å². The maximum Gasteiger partial charge on any atom is 0.256 e. The fraction of sp³-hybridized carbons (Fsp3) is 0.214. The van der Waals surface area contributed by atoms with E-state index in [1.807, 2.05) is 38.1 Å². The monoisotopic (exact) mass is 484 g/mol. The number of benzene rings is 4. The molecule has 8 nitrogen and oxygen atoms in total. The van der Waals surface area contributed by atoms with Gasteiger partial charge in [-0.2, -0.15) is 10.2 Å². The van der Waals surface area contributed by atoms with Crippen molar-refractivity contribution in [1.29, 1.82) is 0 Å². The minimum Gasteiger partial charge on any atom is -0.494 e. The first-order valence-electron chi connectivity index (χ1n) is 11.9. The molecule has 0 bridgehead atoms. The number of nitrogens with zero attached hydrogens (tertiary/aromatic N) is 2. The third-order valence-electron chi connectivity index (χ3n) is 5.32. The standard InChI is InChI=1S/C28H28N4O4/c1-3-17-35-21-13-9-19(10-14-21)29-31-25-23-7-5-6-8-24(23)26(28(34)27(25)33)32-30-20-11-15-22(16-12-20)36-18-4-2/h5-16,29-30H,3-4,17-18H2,1-2H3/b31-25-,32-26-. The van der Waals surface area contributed by atoms with E-state index in [2.05, 4.69) is 21.1 Å². The number of rotatable bonds is 10. The van der Waals surface area contributed by atoms with Crippen LogP contribution >= 0.6 is 0 Å². The van der Waals surface area contributed by atoms with Gasteiger partial charge in [-0.3, -0.25) is 20.4 Å². The summed E-state index contributed by atoms with van der Waals surface area (Å²) in [6.45, 7) is 5.36. The van der Waals surface area contributed by atoms with E-state index in [4.69, 9.17) is 9.47 Å². The highest BCUT2D eigenvalue weighted by molar-refractivity contribution is 5.81. The molecule has 0 spiro atoms. The van der Waals surface area contributed by atoms with Crippen molar-refractivity contribution in [2.45, 2.75) is 26.7 Å². The number of hydrogen-bond donors (Lipinski definition) is 2. The summed E-state index contributed by atoms with van der Waals surface area (Å²) in [5.74, 6) is 1.50. The number of anilines is 2. The number of ether oxygens (including phenoxy) is 2. The average Bonchev–Trinajstić information content (AvgIpc) is 2.92. The molecule has 4 aromatic rings. The van der Waals surface area contributed by atoms with Crippen LogP contribution in [0.5, 0.6) is 11.5 Å². The van der Waals surface area contributed by atoms with Gasteiger partial charge in [-0.25, -0.2) is 0 Å². The van der Waals surface area contributed by atoms with Crippen molar-refractivity contribution in [3.8, 4) is 11.5 Å². The van der Waals surface area contributed by atoms with E-state index in [1.54, 1.807) is 48.5 Å². The molecule has 0 aliphatic rings. The van der Waals surface area contributed by atoms with Crippen molar-refractivity contribution in [1.82, 2.24) is 0 Å². The van der Waals surface area contributed by atoms with Crippen LogP contribution in [0.4, 0.5) is 11.4 Å². The Bertz CT molecular complexity index is 1420. The normalized spacial score (nSPS) is 12.1. The molecule has 4 rings (SSSR count). The second-order valence-corrected chi connectivity index (χ2v) is 8.09. The first-order chi connectivity index (χ1) is 17.6. The summed E-state index contributed by atoms with van der Waals surface area (Å²) < 4.78 is 11.2. The lowest BCUT2D eigenvalue weighted by molar-refractivity contribution is 0.317. The fourth-order valence-electron chi connectivity index (χ4n) is 3.51. The maximum absolute atomic E-state index is 13.0. The predicted octanol–water partition coefficient (Wildman–Crippen LogP) is 3.87. The van der Waals surface area contributed by atoms with Crippen LogP contribution in [0.15, 0.2) is 92.6 Å². The van der Waals surface area contributed by atoms with Gasteiger partial charge in [0.05, 0.1) is 24.6 Å². The van der Waals surface area contributed by atoms with E-state index in [0.717, 1.165) is 24.3 Å². The van der Waals surface area contributed by atoms with Gasteiger partial charge < -0.3 is 9.47 Å². The Labute approximate surface area is 208 Å². The molecule has 0 saturated heterocycles. The van der Waals surface area contributed by atoms with E-state index in [9.17, 15) is 9.59 Å². The van der Waals surface area contributed by atoms with Crippen molar-refractivity contribution in [2.24, 2.45) is 10.2 Å². The van der Waals surface area contributed by atoms with Crippen LogP contribution in [-0.4, -0.2) is 13.2 Å². The lowest BCUT2D eigenvalue weighted by Crippen LogP contribution is -2.48. The van der Waals surface area contributed by atoms with Gasteiger partial charge in [-0.15, -0.1) is 0 Å². The molecule has 36 heavy (non-hydrogen) atoms. The molecule has 0 saturated carbocycles. The summed E-state index contributed by atoms with van der Waals surface area (Å²) in [4.78, 5) is 26.0. The van der Waals surface area contributed by atoms with Crippen LogP contribution in [0.25, 0.3) is 10.8 Å². The van der Waals surface area contributed by atoms with Crippen molar-refractivity contribution in [2.75, 3.05) is 24.1 Å². The highest BCUT2D eigenvalue weighted by Gasteiger charge is 2.10. The van der Waals surface area contributed by atoms with Crippen LogP contribution in [0.1, 0.15) is 26.7 Å². The van der Waals surface area contributed by atoms with Gasteiger partial charge in [0.15, 0.2) is 0 Å². The van der Waals surface area contributed by atoms with Crippen LogP contribution < -0.4 is 41.9 Å². The van der Waals surface area contributed by atoms with Gasteiger partial charge in [0, 0.05) is 10.8 Å². The zero-order chi connectivity index (χ0) is 25.3. The van der Waals surface area contributed by atoms with Gasteiger partial charge in [0.2, 0.25) is 0 Å². The van der Waals surface area contributed by atoms with Gasteiger partial charge in [0.1, 0.15) is 22.2 Å². The first kappa shape index (κ1) is 24.7. The Morgan fingerprint density at radius 2 is 1.00 bits per heavy atom. The molecule has 184 valence electrons. The van der Waals surface area contributed by atoms with Crippen LogP contribution in [0.3, 0.4) is 0 Å². The topological polar surface area (TPSA) is 101 Å². The molecule has 0 heterocycles. The molecule has 4 aromatic carbocycles. The molecule has 0 unspecified atom stereocenters. The van der Waals surface area contributed by atoms with E-state index in [1.165, 1.54) is 0 Å². The Morgan fingerprint density at radius 3 is 1.36 bits per heavy atom. The summed E-state index contributed by atoms with van der Waals surface area (Å²) in [5, 5.41) is 9.68. The summed E-state index contributed by atoms with van der Waals surface area (Å²) >= 11 is 0. The Kier molecular flexibility index (Phi) is 8.08. The third-order valence-corrected chi connectivity index (χ3v) is 5.32. The largest absolute Gasteiger partial charge is 0.494 e. The highest BCUT2D eigenvalue weighted by atomic mass is 16.5. The SMILES string of the molecule is CCCOc1ccc(N/N=c2\c(=O)c(=O)/c(=N\Nc3ccc(OCCC)cc3)c3ccccc23)cc1. The van der Waals surface area contributed by atoms with E-state index in [-0.39, 0.29) is 10.7 Å². The molecule has 0 aliphatic heterocycles. The van der Waals surface area contributed by atoms with E-state index >= 15 is 0 Å². The first-order valence-corrected chi connectivity index (χ1v) is 11.9. The summed E-state index contributed by atoms with van der Waals surface area (Å²) in [6.07, 6.45) is 1.84. The van der Waals surface area contributed by atoms with Crippen molar-refractivity contribution in [3.05, 3.63) is 104 Å². The van der Waals surface area contributed by atoms with Gasteiger partial charge in [0.25, 0.3) is 10.9 Å². The predicted molar refractivity (Wildman–Crippen MR) is 142 cm³/mol. The minimum atomic E-state index is -0.729. The average molecular weight is 485 g/mol. The molecule has 0 fully saturated rings. The second kappa shape index (κ2) is 11.8. The molecule has 2 N–H and O–H groups in total. The molecule has 0 aromatic heterocycles. The van der Waals surface area contributed by atoms with Gasteiger partial charge in [-0.05, 0) is 61.4 Å². The Morgan fingerprint density at radius 1 is 0.611 bits per heavy atom. The molecule has 8 heteroatoms. The lowest BCUT2D eigenvalue weighted by Gasteiger charge is -2.06. The fourth-order valence-corrected chi connectivity index (χ4v) is 3.51. The number of nitrogens with one attached hydrogen (secondary N) is 2. The molecular weight excluding hydrogens is 456 g/mol. The molecule has 0 atom stereocenters. The van der Waals surface area contributed by atoms with Crippen LogP contribution in [-0.2, 0) is 0 Å². The maximum atomic E-state index is 13.0. The highest BCUT2D eigenvalue weighted by Crippen LogP contribution is 2.16. The van der Waals surface area contributed by atoms with Crippen molar-refractivity contribution in [3.63, 3.8) is 0 Å². The molecule has 0 amide bonds. The van der Waals surface area contributed by atoms with Crippen LogP contribution in [0.2, 0.25) is 0 Å². The van der Waals surface area contributed by atoms with E-state index < -0.39 is 10.9 Å². The summed E-state index contributed by atoms with van der Waals surface area (Å²) in [5.41, 5.74) is 5.62. The Balaban J connectivity index is 1.66. The van der Waals surface area contributed by atoms with Gasteiger partial charge >= 0.3 is 0 Å². The lowest BCUT2D eigenvalue weighted by atomic mass is 10.1. The van der Waals surface area contributed by atoms with Gasteiger partial charge in [-0.1, -0.05) is 38.1 Å². The van der Waals surface area contributed by atoms with Crippen LogP contribution in [0, 0.1) is 0 Å². The number of hydrogen-bond acceptors (Lipinski definition) is 8. The zero-order valence-electron chi connectivity index (χ0n) is 20.3. The smallest absolute Gasteiger partial charge is 0.256 e. The zero-order valence-corrected chi connectivity index (χ0v) is 20.3.